The highest BCUT2D eigenvalue weighted by Crippen LogP contribution is 2.31. The summed E-state index contributed by atoms with van der Waals surface area (Å²) >= 11 is 0. The maximum Gasteiger partial charge on any atom is 0.241 e. The Kier molecular flexibility index (Phi) is 7.07. The third kappa shape index (κ3) is 5.19. The zero-order valence-corrected chi connectivity index (χ0v) is 16.7. The second-order valence-corrected chi connectivity index (χ2v) is 8.55. The molecule has 1 aliphatic rings. The van der Waals surface area contributed by atoms with Crippen LogP contribution < -0.4 is 14.4 Å². The molecule has 0 unspecified atom stereocenters. The van der Waals surface area contributed by atoms with Crippen molar-refractivity contribution in [1.29, 1.82) is 0 Å². The van der Waals surface area contributed by atoms with Crippen LogP contribution in [0.2, 0.25) is 0 Å². The van der Waals surface area contributed by atoms with Gasteiger partial charge in [0.2, 0.25) is 10.0 Å². The van der Waals surface area contributed by atoms with E-state index in [9.17, 15) is 8.42 Å². The van der Waals surface area contributed by atoms with Crippen LogP contribution in [0.15, 0.2) is 41.3 Å². The molecule has 0 bridgehead atoms. The first-order valence-corrected chi connectivity index (χ1v) is 11.2. The highest BCUT2D eigenvalue weighted by Gasteiger charge is 2.19. The quantitative estimate of drug-likeness (QED) is 0.629. The summed E-state index contributed by atoms with van der Waals surface area (Å²) in [4.78, 5) is 1.78. The Labute approximate surface area is 161 Å². The monoisotopic (exact) mass is 393 g/mol. The summed E-state index contributed by atoms with van der Waals surface area (Å²) in [6.45, 7) is 7.62. The number of rotatable bonds is 9. The van der Waals surface area contributed by atoms with Crippen LogP contribution in [0.3, 0.4) is 0 Å². The van der Waals surface area contributed by atoms with Gasteiger partial charge in [-0.1, -0.05) is 31.2 Å². The summed E-state index contributed by atoms with van der Waals surface area (Å²) in [6, 6.07) is 10.9. The van der Waals surface area contributed by atoms with E-state index < -0.39 is 10.0 Å². The number of ether oxygens (including phenoxy) is 2. The van der Waals surface area contributed by atoms with E-state index in [0.717, 1.165) is 56.8 Å². The Balaban J connectivity index is 1.69. The second kappa shape index (κ2) is 9.50. The second-order valence-electron chi connectivity index (χ2n) is 6.82. The molecule has 2 N–H and O–H groups in total. The lowest BCUT2D eigenvalue weighted by Crippen LogP contribution is -3.14. The fourth-order valence-electron chi connectivity index (χ4n) is 3.35. The van der Waals surface area contributed by atoms with Crippen molar-refractivity contribution in [2.75, 3.05) is 46.0 Å². The molecule has 0 spiro atoms. The molecular formula is C20H29N2O4S+. The topological polar surface area (TPSA) is 69.1 Å². The molecule has 0 aliphatic carbocycles. The molecule has 7 heteroatoms. The van der Waals surface area contributed by atoms with Crippen molar-refractivity contribution < 1.29 is 22.8 Å². The predicted molar refractivity (Wildman–Crippen MR) is 106 cm³/mol. The van der Waals surface area contributed by atoms with Crippen molar-refractivity contribution in [2.24, 2.45) is 0 Å². The third-order valence-electron chi connectivity index (χ3n) is 4.79. The van der Waals surface area contributed by atoms with Crippen LogP contribution in [0.25, 0.3) is 10.8 Å². The van der Waals surface area contributed by atoms with Gasteiger partial charge >= 0.3 is 0 Å². The normalized spacial score (nSPS) is 15.9. The maximum absolute atomic E-state index is 12.8. The summed E-state index contributed by atoms with van der Waals surface area (Å²) in [5.41, 5.74) is 0. The average molecular weight is 394 g/mol. The number of fused-ring (bicyclic) bond motifs is 1. The smallest absolute Gasteiger partial charge is 0.241 e. The van der Waals surface area contributed by atoms with E-state index in [2.05, 4.69) is 4.72 Å². The lowest BCUT2D eigenvalue weighted by molar-refractivity contribution is -0.908. The minimum absolute atomic E-state index is 0.306. The van der Waals surface area contributed by atoms with Crippen molar-refractivity contribution >= 4 is 20.8 Å². The predicted octanol–water partition coefficient (Wildman–Crippen LogP) is 1.21. The number of sulfonamides is 1. The molecule has 0 atom stereocenters. The Hall–Kier alpha value is -1.67. The summed E-state index contributed by atoms with van der Waals surface area (Å²) in [7, 11) is -3.57. The molecule has 0 saturated carbocycles. The van der Waals surface area contributed by atoms with Gasteiger partial charge in [-0.2, -0.15) is 0 Å². The van der Waals surface area contributed by atoms with Crippen LogP contribution >= 0.6 is 0 Å². The van der Waals surface area contributed by atoms with E-state index in [4.69, 9.17) is 9.47 Å². The molecule has 1 aliphatic heterocycles. The molecule has 3 rings (SSSR count). The minimum atomic E-state index is -3.57. The van der Waals surface area contributed by atoms with Gasteiger partial charge in [-0.05, 0) is 18.6 Å². The zero-order chi connectivity index (χ0) is 19.1. The molecule has 1 heterocycles. The number of benzene rings is 2. The van der Waals surface area contributed by atoms with E-state index in [1.54, 1.807) is 12.1 Å². The van der Waals surface area contributed by atoms with Crippen molar-refractivity contribution in [3.05, 3.63) is 36.4 Å². The molecular weight excluding hydrogens is 364 g/mol. The van der Waals surface area contributed by atoms with Crippen LogP contribution in [0.1, 0.15) is 19.8 Å². The van der Waals surface area contributed by atoms with Gasteiger partial charge in [0, 0.05) is 23.7 Å². The first-order valence-electron chi connectivity index (χ1n) is 9.67. The SMILES string of the molecule is CCCOc1ccc(S(=O)(=O)NCCC[NH+]2CCOCC2)c2ccccc12. The van der Waals surface area contributed by atoms with Crippen LogP contribution in [-0.4, -0.2) is 54.4 Å². The molecule has 2 aromatic rings. The molecule has 148 valence electrons. The van der Waals surface area contributed by atoms with Crippen LogP contribution in [0, 0.1) is 0 Å². The molecule has 0 radical (unpaired) electrons. The first kappa shape index (κ1) is 20.1. The van der Waals surface area contributed by atoms with Gasteiger partial charge in [0.05, 0.1) is 31.3 Å². The standard InChI is InChI=1S/C20H28N2O4S/c1-2-14-26-19-8-9-20(18-7-4-3-6-17(18)19)27(23,24)21-10-5-11-22-12-15-25-16-13-22/h3-4,6-9,21H,2,5,10-16H2,1H3/p+1. The largest absolute Gasteiger partial charge is 0.493 e. The van der Waals surface area contributed by atoms with Gasteiger partial charge in [-0.25, -0.2) is 13.1 Å². The van der Waals surface area contributed by atoms with E-state index in [1.165, 1.54) is 4.90 Å². The Bertz CT molecular complexity index is 848. The lowest BCUT2D eigenvalue weighted by atomic mass is 10.1. The van der Waals surface area contributed by atoms with Gasteiger partial charge in [0.1, 0.15) is 18.8 Å². The van der Waals surface area contributed by atoms with E-state index >= 15 is 0 Å². The fourth-order valence-corrected chi connectivity index (χ4v) is 4.63. The number of hydrogen-bond acceptors (Lipinski definition) is 4. The molecule has 0 aromatic heterocycles. The van der Waals surface area contributed by atoms with Gasteiger partial charge in [-0.3, -0.25) is 0 Å². The number of nitrogens with one attached hydrogen (secondary N) is 2. The van der Waals surface area contributed by atoms with Gasteiger partial charge < -0.3 is 14.4 Å². The summed E-state index contributed by atoms with van der Waals surface area (Å²) < 4.78 is 39.6. The van der Waals surface area contributed by atoms with Crippen molar-refractivity contribution in [3.8, 4) is 5.75 Å². The Morgan fingerprint density at radius 1 is 1.11 bits per heavy atom. The van der Waals surface area contributed by atoms with Crippen molar-refractivity contribution in [1.82, 2.24) is 4.72 Å². The lowest BCUT2D eigenvalue weighted by Gasteiger charge is -2.23. The summed E-state index contributed by atoms with van der Waals surface area (Å²) in [6.07, 6.45) is 1.71. The van der Waals surface area contributed by atoms with Gasteiger partial charge in [-0.15, -0.1) is 0 Å². The summed E-state index contributed by atoms with van der Waals surface area (Å²) in [5, 5.41) is 1.52. The number of hydrogen-bond donors (Lipinski definition) is 2. The molecule has 27 heavy (non-hydrogen) atoms. The number of quaternary nitrogens is 1. The number of morpholine rings is 1. The molecule has 6 nitrogen and oxygen atoms in total. The maximum atomic E-state index is 12.8. The van der Waals surface area contributed by atoms with Crippen LogP contribution in [0.5, 0.6) is 5.75 Å². The third-order valence-corrected chi connectivity index (χ3v) is 6.31. The zero-order valence-electron chi connectivity index (χ0n) is 15.9. The van der Waals surface area contributed by atoms with Crippen molar-refractivity contribution in [3.63, 3.8) is 0 Å². The van der Waals surface area contributed by atoms with E-state index in [1.807, 2.05) is 31.2 Å². The molecule has 1 saturated heterocycles. The Morgan fingerprint density at radius 3 is 2.59 bits per heavy atom. The molecule has 1 fully saturated rings. The summed E-state index contributed by atoms with van der Waals surface area (Å²) in [5.74, 6) is 0.724. The van der Waals surface area contributed by atoms with Gasteiger partial charge in [0.15, 0.2) is 0 Å². The Morgan fingerprint density at radius 2 is 1.85 bits per heavy atom. The highest BCUT2D eigenvalue weighted by molar-refractivity contribution is 7.89. The molecule has 0 amide bonds. The minimum Gasteiger partial charge on any atom is -0.493 e. The highest BCUT2D eigenvalue weighted by atomic mass is 32.2. The average Bonchev–Trinajstić information content (AvgIpc) is 2.70. The van der Waals surface area contributed by atoms with Crippen LogP contribution in [-0.2, 0) is 14.8 Å². The van der Waals surface area contributed by atoms with Crippen LogP contribution in [0.4, 0.5) is 0 Å². The molecule has 2 aromatic carbocycles. The van der Waals surface area contributed by atoms with E-state index in [0.29, 0.717) is 23.4 Å². The van der Waals surface area contributed by atoms with E-state index in [-0.39, 0.29) is 0 Å². The van der Waals surface area contributed by atoms with Gasteiger partial charge in [0.25, 0.3) is 0 Å². The fraction of sp³-hybridized carbons (Fsp3) is 0.500. The first-order chi connectivity index (χ1) is 13.1. The van der Waals surface area contributed by atoms with Crippen molar-refractivity contribution in [2.45, 2.75) is 24.7 Å².